The zero-order chi connectivity index (χ0) is 24.2. The molecule has 1 aromatic carbocycles. The minimum Gasteiger partial charge on any atom is -0.353 e. The number of carbonyl (C=O) groups excluding carboxylic acids is 2. The van der Waals surface area contributed by atoms with Gasteiger partial charge in [-0.2, -0.15) is 0 Å². The Bertz CT molecular complexity index is 1170. The Morgan fingerprint density at radius 3 is 2.34 bits per heavy atom. The number of carbonyl (C=O) groups is 2. The van der Waals surface area contributed by atoms with Gasteiger partial charge in [0.25, 0.3) is 5.91 Å². The van der Waals surface area contributed by atoms with Crippen molar-refractivity contribution in [3.05, 3.63) is 78.1 Å². The first-order valence-corrected chi connectivity index (χ1v) is 12.4. The summed E-state index contributed by atoms with van der Waals surface area (Å²) in [5, 5.41) is 0. The number of aryl methyl sites for hydroxylation is 1. The lowest BCUT2D eigenvalue weighted by Crippen LogP contribution is -2.53. The molecular weight excluding hydrogens is 438 g/mol. The Morgan fingerprint density at radius 2 is 1.60 bits per heavy atom. The molecule has 7 nitrogen and oxygen atoms in total. The summed E-state index contributed by atoms with van der Waals surface area (Å²) in [6.45, 7) is 6.07. The molecule has 35 heavy (non-hydrogen) atoms. The number of aromatic nitrogens is 2. The van der Waals surface area contributed by atoms with Gasteiger partial charge >= 0.3 is 0 Å². The second-order valence-corrected chi connectivity index (χ2v) is 9.36. The third-order valence-corrected chi connectivity index (χ3v) is 6.99. The maximum atomic E-state index is 13.6. The standard InChI is InChI=1S/C28H31N5O2/c1-21-9-11-22(12-10-21)26-24(7-4-14-30-26)28(35)33-15-5-6-23(20-33)27(34)32-18-16-31(17-19-32)25-8-2-3-13-29-25/h2-4,7-14,23H,5-6,15-20H2,1H3. The number of pyridine rings is 2. The Morgan fingerprint density at radius 1 is 0.829 bits per heavy atom. The lowest BCUT2D eigenvalue weighted by molar-refractivity contribution is -0.137. The molecule has 2 saturated heterocycles. The summed E-state index contributed by atoms with van der Waals surface area (Å²) in [5.74, 6) is 0.905. The van der Waals surface area contributed by atoms with Crippen LogP contribution in [0.5, 0.6) is 0 Å². The maximum Gasteiger partial charge on any atom is 0.256 e. The fourth-order valence-corrected chi connectivity index (χ4v) is 5.01. The van der Waals surface area contributed by atoms with Crippen molar-refractivity contribution in [1.82, 2.24) is 19.8 Å². The van der Waals surface area contributed by atoms with E-state index in [-0.39, 0.29) is 17.7 Å². The van der Waals surface area contributed by atoms with E-state index in [0.29, 0.717) is 37.4 Å². The van der Waals surface area contributed by atoms with Crippen molar-refractivity contribution in [1.29, 1.82) is 0 Å². The van der Waals surface area contributed by atoms with Crippen LogP contribution in [0.1, 0.15) is 28.8 Å². The van der Waals surface area contributed by atoms with Gasteiger partial charge in [0, 0.05) is 57.2 Å². The molecule has 2 aliphatic heterocycles. The number of rotatable bonds is 4. The minimum absolute atomic E-state index is 0.0499. The molecule has 2 fully saturated rings. The molecule has 3 aromatic rings. The quantitative estimate of drug-likeness (QED) is 0.583. The largest absolute Gasteiger partial charge is 0.353 e. The van der Waals surface area contributed by atoms with Gasteiger partial charge in [-0.05, 0) is 44.0 Å². The maximum absolute atomic E-state index is 13.6. The molecule has 180 valence electrons. The Labute approximate surface area is 206 Å². The van der Waals surface area contributed by atoms with Crippen LogP contribution in [0.2, 0.25) is 0 Å². The van der Waals surface area contributed by atoms with E-state index in [2.05, 4.69) is 14.9 Å². The van der Waals surface area contributed by atoms with E-state index in [1.165, 1.54) is 0 Å². The molecule has 0 saturated carbocycles. The summed E-state index contributed by atoms with van der Waals surface area (Å²) >= 11 is 0. The van der Waals surface area contributed by atoms with Crippen LogP contribution in [0.3, 0.4) is 0 Å². The van der Waals surface area contributed by atoms with Crippen molar-refractivity contribution in [2.75, 3.05) is 44.2 Å². The number of nitrogens with zero attached hydrogens (tertiary/aromatic N) is 5. The highest BCUT2D eigenvalue weighted by atomic mass is 16.2. The van der Waals surface area contributed by atoms with Crippen LogP contribution in [0.25, 0.3) is 11.3 Å². The zero-order valence-corrected chi connectivity index (χ0v) is 20.1. The summed E-state index contributed by atoms with van der Waals surface area (Å²) in [5.41, 5.74) is 3.37. The van der Waals surface area contributed by atoms with Crippen LogP contribution in [0, 0.1) is 12.8 Å². The van der Waals surface area contributed by atoms with Crippen LogP contribution in [0.4, 0.5) is 5.82 Å². The number of piperazine rings is 1. The summed E-state index contributed by atoms with van der Waals surface area (Å²) in [6.07, 6.45) is 5.17. The van der Waals surface area contributed by atoms with Gasteiger partial charge in [-0.15, -0.1) is 0 Å². The van der Waals surface area contributed by atoms with Crippen LogP contribution < -0.4 is 4.90 Å². The predicted octanol–water partition coefficient (Wildman–Crippen LogP) is 3.65. The molecule has 1 unspecified atom stereocenters. The number of anilines is 1. The van der Waals surface area contributed by atoms with E-state index in [0.717, 1.165) is 42.9 Å². The zero-order valence-electron chi connectivity index (χ0n) is 20.1. The molecule has 0 spiro atoms. The van der Waals surface area contributed by atoms with Crippen molar-refractivity contribution < 1.29 is 9.59 Å². The normalized spacial score (nSPS) is 18.4. The fraction of sp³-hybridized carbons (Fsp3) is 0.357. The molecule has 5 rings (SSSR count). The first-order chi connectivity index (χ1) is 17.1. The number of benzene rings is 1. The summed E-state index contributed by atoms with van der Waals surface area (Å²) in [6, 6.07) is 17.6. The number of amides is 2. The van der Waals surface area contributed by atoms with Crippen molar-refractivity contribution in [3.63, 3.8) is 0 Å². The average molecular weight is 470 g/mol. The molecule has 7 heteroatoms. The van der Waals surface area contributed by atoms with Crippen LogP contribution in [0.15, 0.2) is 67.0 Å². The topological polar surface area (TPSA) is 69.6 Å². The third-order valence-electron chi connectivity index (χ3n) is 6.99. The molecule has 2 aromatic heterocycles. The molecule has 2 amide bonds. The predicted molar refractivity (Wildman–Crippen MR) is 136 cm³/mol. The Hall–Kier alpha value is -3.74. The van der Waals surface area contributed by atoms with E-state index in [4.69, 9.17) is 0 Å². The molecule has 2 aliphatic rings. The molecular formula is C28H31N5O2. The smallest absolute Gasteiger partial charge is 0.256 e. The van der Waals surface area contributed by atoms with Gasteiger partial charge in [-0.1, -0.05) is 35.9 Å². The summed E-state index contributed by atoms with van der Waals surface area (Å²) in [4.78, 5) is 41.9. The second kappa shape index (κ2) is 10.3. The van der Waals surface area contributed by atoms with E-state index >= 15 is 0 Å². The SMILES string of the molecule is Cc1ccc(-c2ncccc2C(=O)N2CCCC(C(=O)N3CCN(c4ccccn4)CC3)C2)cc1. The number of piperidine rings is 1. The molecule has 0 aliphatic carbocycles. The van der Waals surface area contributed by atoms with E-state index in [1.54, 1.807) is 18.5 Å². The lowest BCUT2D eigenvalue weighted by Gasteiger charge is -2.39. The average Bonchev–Trinajstić information content (AvgIpc) is 2.93. The van der Waals surface area contributed by atoms with E-state index in [1.807, 2.05) is 65.3 Å². The van der Waals surface area contributed by atoms with Gasteiger partial charge in [0.1, 0.15) is 5.82 Å². The van der Waals surface area contributed by atoms with Gasteiger partial charge in [-0.25, -0.2) is 4.98 Å². The first-order valence-electron chi connectivity index (χ1n) is 12.4. The van der Waals surface area contributed by atoms with Crippen molar-refractivity contribution in [2.45, 2.75) is 19.8 Å². The van der Waals surface area contributed by atoms with E-state index < -0.39 is 0 Å². The molecule has 1 atom stereocenters. The first kappa shape index (κ1) is 23.0. The minimum atomic E-state index is -0.159. The number of hydrogen-bond donors (Lipinski definition) is 0. The van der Waals surface area contributed by atoms with E-state index in [9.17, 15) is 9.59 Å². The number of likely N-dealkylation sites (tertiary alicyclic amines) is 1. The second-order valence-electron chi connectivity index (χ2n) is 9.36. The third kappa shape index (κ3) is 5.04. The van der Waals surface area contributed by atoms with Crippen molar-refractivity contribution >= 4 is 17.6 Å². The Kier molecular flexibility index (Phi) is 6.75. The van der Waals surface area contributed by atoms with Crippen molar-refractivity contribution in [3.8, 4) is 11.3 Å². The highest BCUT2D eigenvalue weighted by Gasteiger charge is 2.33. The monoisotopic (exact) mass is 469 g/mol. The summed E-state index contributed by atoms with van der Waals surface area (Å²) < 4.78 is 0. The Balaban J connectivity index is 1.25. The van der Waals surface area contributed by atoms with Gasteiger partial charge < -0.3 is 14.7 Å². The fourth-order valence-electron chi connectivity index (χ4n) is 5.01. The van der Waals surface area contributed by atoms with Crippen LogP contribution in [-0.4, -0.2) is 70.9 Å². The summed E-state index contributed by atoms with van der Waals surface area (Å²) in [7, 11) is 0. The number of hydrogen-bond acceptors (Lipinski definition) is 5. The van der Waals surface area contributed by atoms with Gasteiger partial charge in [0.2, 0.25) is 5.91 Å². The molecule has 0 bridgehead atoms. The van der Waals surface area contributed by atoms with Crippen molar-refractivity contribution in [2.24, 2.45) is 5.92 Å². The molecule has 4 heterocycles. The highest BCUT2D eigenvalue weighted by Crippen LogP contribution is 2.26. The highest BCUT2D eigenvalue weighted by molar-refractivity contribution is 6.00. The lowest BCUT2D eigenvalue weighted by atomic mass is 9.95. The van der Waals surface area contributed by atoms with Gasteiger partial charge in [0.15, 0.2) is 0 Å². The van der Waals surface area contributed by atoms with Gasteiger partial charge in [0.05, 0.1) is 17.2 Å². The van der Waals surface area contributed by atoms with Crippen LogP contribution >= 0.6 is 0 Å². The van der Waals surface area contributed by atoms with Gasteiger partial charge in [-0.3, -0.25) is 14.6 Å². The molecule has 0 radical (unpaired) electrons. The van der Waals surface area contributed by atoms with Crippen LogP contribution in [-0.2, 0) is 4.79 Å². The molecule has 0 N–H and O–H groups in total.